The Morgan fingerprint density at radius 2 is 1.77 bits per heavy atom. The van der Waals surface area contributed by atoms with Crippen LogP contribution in [0.15, 0.2) is 71.9 Å². The van der Waals surface area contributed by atoms with Crippen LogP contribution in [0.1, 0.15) is 59.7 Å². The van der Waals surface area contributed by atoms with Crippen LogP contribution < -0.4 is 30.3 Å². The number of nitrogens with one attached hydrogen (secondary N) is 3. The summed E-state index contributed by atoms with van der Waals surface area (Å²) in [4.78, 5) is 69.2. The first kappa shape index (κ1) is 37.6. The zero-order valence-corrected chi connectivity index (χ0v) is 29.9. The Morgan fingerprint density at radius 1 is 1.02 bits per heavy atom. The van der Waals surface area contributed by atoms with E-state index in [1.165, 1.54) is 21.1 Å². The maximum Gasteiger partial charge on any atom is 0.305 e. The molecule has 0 unspecified atom stereocenters. The van der Waals surface area contributed by atoms with Crippen molar-refractivity contribution in [1.82, 2.24) is 10.6 Å². The first-order chi connectivity index (χ1) is 25.0. The molecule has 272 valence electrons. The minimum atomic E-state index is -0.941. The van der Waals surface area contributed by atoms with Crippen LogP contribution >= 0.6 is 11.6 Å². The van der Waals surface area contributed by atoms with Gasteiger partial charge >= 0.3 is 5.97 Å². The number of nitrogens with zero attached hydrogens (tertiary/aromatic N) is 2. The van der Waals surface area contributed by atoms with E-state index in [0.717, 1.165) is 11.3 Å². The van der Waals surface area contributed by atoms with Crippen LogP contribution in [0.5, 0.6) is 11.5 Å². The Morgan fingerprint density at radius 3 is 2.52 bits per heavy atom. The number of aliphatic imine (C=N–C) groups is 1. The predicted octanol–water partition coefficient (Wildman–Crippen LogP) is 5.11. The molecule has 3 aromatic rings. The molecule has 5 rings (SSSR count). The molecule has 14 heteroatoms. The summed E-state index contributed by atoms with van der Waals surface area (Å²) in [6.45, 7) is 5.21. The minimum absolute atomic E-state index is 0.0557. The van der Waals surface area contributed by atoms with Crippen molar-refractivity contribution in [3.63, 3.8) is 0 Å². The number of carbonyl (C=O) groups is 5. The summed E-state index contributed by atoms with van der Waals surface area (Å²) in [6, 6.07) is 15.2. The van der Waals surface area contributed by atoms with Gasteiger partial charge in [0.15, 0.2) is 11.5 Å². The molecule has 2 aliphatic rings. The lowest BCUT2D eigenvalue weighted by molar-refractivity contribution is -0.140. The lowest BCUT2D eigenvalue weighted by Crippen LogP contribution is -2.45. The van der Waals surface area contributed by atoms with E-state index in [9.17, 15) is 24.0 Å². The standard InChI is InChI=1S/C38H40ClN5O8/c1-22(41-34(45)11-7-8-12-35(46)51-4)36(47)42-23(2)37(48)43-27-14-24(19-39)13-25(15-27)21-52-33-18-30-29(17-32(33)50-3)38(49)44-28(20-40-30)16-26-9-5-6-10-31(26)44/h5-6,9-10,13-15,17-18,20,22,28H,2,7-8,11-12,16,19,21H2,1,3-4H3,(H,41,45)(H,42,47)(H,43,48)/t22-,28-/m0/s1. The monoisotopic (exact) mass is 729 g/mol. The number of rotatable bonds is 15. The van der Waals surface area contributed by atoms with Gasteiger partial charge in [0, 0.05) is 48.8 Å². The van der Waals surface area contributed by atoms with Gasteiger partial charge in [-0.1, -0.05) is 30.8 Å². The highest BCUT2D eigenvalue weighted by atomic mass is 35.5. The van der Waals surface area contributed by atoms with Crippen molar-refractivity contribution in [2.24, 2.45) is 4.99 Å². The van der Waals surface area contributed by atoms with E-state index in [2.05, 4.69) is 32.3 Å². The smallest absolute Gasteiger partial charge is 0.305 e. The first-order valence-corrected chi connectivity index (χ1v) is 17.2. The fourth-order valence-electron chi connectivity index (χ4n) is 5.90. The van der Waals surface area contributed by atoms with Gasteiger partial charge in [-0.2, -0.15) is 0 Å². The average Bonchev–Trinajstić information content (AvgIpc) is 3.46. The second-order valence-electron chi connectivity index (χ2n) is 12.3. The fraction of sp³-hybridized carbons (Fsp3) is 0.316. The Balaban J connectivity index is 1.20. The number of unbranched alkanes of at least 4 members (excludes halogenated alkanes) is 1. The third-order valence-electron chi connectivity index (χ3n) is 8.57. The van der Waals surface area contributed by atoms with Crippen LogP contribution in [0.3, 0.4) is 0 Å². The number of esters is 1. The van der Waals surface area contributed by atoms with Gasteiger partial charge in [-0.25, -0.2) is 0 Å². The molecular weight excluding hydrogens is 690 g/mol. The van der Waals surface area contributed by atoms with Crippen LogP contribution in [0.25, 0.3) is 0 Å². The second-order valence-corrected chi connectivity index (χ2v) is 12.6. The topological polar surface area (TPSA) is 165 Å². The maximum absolute atomic E-state index is 13.7. The highest BCUT2D eigenvalue weighted by Crippen LogP contribution is 2.41. The van der Waals surface area contributed by atoms with E-state index >= 15 is 0 Å². The molecule has 52 heavy (non-hydrogen) atoms. The number of alkyl halides is 1. The molecule has 3 N–H and O–H groups in total. The van der Waals surface area contributed by atoms with Crippen LogP contribution in [0, 0.1) is 0 Å². The van der Waals surface area contributed by atoms with Gasteiger partial charge in [-0.15, -0.1) is 11.6 Å². The van der Waals surface area contributed by atoms with Crippen LogP contribution in [-0.2, 0) is 42.8 Å². The number of methoxy groups -OCH3 is 2. The second kappa shape index (κ2) is 17.0. The molecule has 2 aliphatic heterocycles. The normalized spacial score (nSPS) is 14.6. The number of hydrogen-bond acceptors (Lipinski definition) is 9. The number of fused-ring (bicyclic) bond motifs is 4. The Labute approximate surface area is 306 Å². The van der Waals surface area contributed by atoms with Crippen molar-refractivity contribution in [2.75, 3.05) is 24.4 Å². The van der Waals surface area contributed by atoms with Gasteiger partial charge in [-0.05, 0) is 60.7 Å². The number of anilines is 2. The third-order valence-corrected chi connectivity index (χ3v) is 8.88. The quantitative estimate of drug-likeness (QED) is 0.0841. The molecule has 2 heterocycles. The van der Waals surface area contributed by atoms with E-state index in [0.29, 0.717) is 58.8 Å². The Kier molecular flexibility index (Phi) is 12.3. The number of hydrogen-bond donors (Lipinski definition) is 3. The van der Waals surface area contributed by atoms with Gasteiger partial charge in [0.05, 0.1) is 37.2 Å². The summed E-state index contributed by atoms with van der Waals surface area (Å²) >= 11 is 6.17. The van der Waals surface area contributed by atoms with Crippen molar-refractivity contribution >= 4 is 64.5 Å². The van der Waals surface area contributed by atoms with Crippen LogP contribution in [0.2, 0.25) is 0 Å². The molecule has 0 bridgehead atoms. The number of ether oxygens (including phenoxy) is 3. The number of halogens is 1. The van der Waals surface area contributed by atoms with Gasteiger partial charge in [-0.3, -0.25) is 33.9 Å². The zero-order valence-electron chi connectivity index (χ0n) is 29.1. The van der Waals surface area contributed by atoms with Crippen molar-refractivity contribution in [2.45, 2.75) is 63.6 Å². The SMILES string of the molecule is C=C(NC(=O)[C@H](C)NC(=O)CCCCC(=O)OC)C(=O)Nc1cc(CCl)cc(COc2cc3c(cc2OC)C(=O)N2c4ccccc4C[C@H]2C=N3)c1. The summed E-state index contributed by atoms with van der Waals surface area (Å²) in [5.74, 6) is -1.33. The largest absolute Gasteiger partial charge is 0.493 e. The molecule has 0 fully saturated rings. The molecule has 3 aromatic carbocycles. The first-order valence-electron chi connectivity index (χ1n) is 16.7. The molecule has 4 amide bonds. The summed E-state index contributed by atoms with van der Waals surface area (Å²) in [6.07, 6.45) is 3.71. The number of benzene rings is 3. The molecular formula is C38H40ClN5O8. The molecule has 0 radical (unpaired) electrons. The van der Waals surface area contributed by atoms with E-state index in [-0.39, 0.29) is 54.9 Å². The van der Waals surface area contributed by atoms with E-state index < -0.39 is 17.9 Å². The van der Waals surface area contributed by atoms with Gasteiger partial charge < -0.3 is 30.2 Å². The zero-order chi connectivity index (χ0) is 37.4. The van der Waals surface area contributed by atoms with Crippen molar-refractivity contribution in [3.05, 3.63) is 89.1 Å². The van der Waals surface area contributed by atoms with Crippen molar-refractivity contribution in [1.29, 1.82) is 0 Å². The van der Waals surface area contributed by atoms with Crippen molar-refractivity contribution in [3.8, 4) is 11.5 Å². The van der Waals surface area contributed by atoms with Crippen LogP contribution in [-0.4, -0.2) is 62.1 Å². The minimum Gasteiger partial charge on any atom is -0.493 e. The summed E-state index contributed by atoms with van der Waals surface area (Å²) in [5.41, 5.74) is 4.32. The molecule has 0 saturated heterocycles. The highest BCUT2D eigenvalue weighted by molar-refractivity contribution is 6.17. The summed E-state index contributed by atoms with van der Waals surface area (Å²) < 4.78 is 16.3. The highest BCUT2D eigenvalue weighted by Gasteiger charge is 2.36. The summed E-state index contributed by atoms with van der Waals surface area (Å²) in [5, 5.41) is 7.70. The van der Waals surface area contributed by atoms with Gasteiger partial charge in [0.1, 0.15) is 12.6 Å². The van der Waals surface area contributed by atoms with Gasteiger partial charge in [0.2, 0.25) is 11.8 Å². The number of para-hydroxylation sites is 1. The lowest BCUT2D eigenvalue weighted by atomic mass is 10.1. The lowest BCUT2D eigenvalue weighted by Gasteiger charge is -2.22. The number of amides is 4. The molecule has 0 aromatic heterocycles. The molecule has 0 spiro atoms. The van der Waals surface area contributed by atoms with Crippen LogP contribution in [0.4, 0.5) is 17.1 Å². The molecule has 0 saturated carbocycles. The predicted molar refractivity (Wildman–Crippen MR) is 196 cm³/mol. The number of carbonyl (C=O) groups excluding carboxylic acids is 5. The molecule has 2 atom stereocenters. The summed E-state index contributed by atoms with van der Waals surface area (Å²) in [7, 11) is 2.79. The van der Waals surface area contributed by atoms with Gasteiger partial charge in [0.25, 0.3) is 11.8 Å². The van der Waals surface area contributed by atoms with E-state index in [4.69, 9.17) is 21.1 Å². The van der Waals surface area contributed by atoms with Crippen molar-refractivity contribution < 1.29 is 38.2 Å². The maximum atomic E-state index is 13.7. The third kappa shape index (κ3) is 8.96. The average molecular weight is 730 g/mol. The molecule has 0 aliphatic carbocycles. The molecule has 13 nitrogen and oxygen atoms in total. The Hall–Kier alpha value is -5.69. The van der Waals surface area contributed by atoms with E-state index in [1.54, 1.807) is 35.4 Å². The van der Waals surface area contributed by atoms with E-state index in [1.807, 2.05) is 30.3 Å². The Bertz CT molecular complexity index is 1930. The fourth-order valence-corrected chi connectivity index (χ4v) is 6.06.